The maximum Gasteiger partial charge on any atom is 0.321 e. The molecule has 2 unspecified atom stereocenters. The Kier molecular flexibility index (Phi) is 5.02. The summed E-state index contributed by atoms with van der Waals surface area (Å²) in [4.78, 5) is 35.9. The van der Waals surface area contributed by atoms with Crippen LogP contribution in [0.2, 0.25) is 0 Å². The molecule has 0 spiro atoms. The van der Waals surface area contributed by atoms with Gasteiger partial charge < -0.3 is 10.1 Å². The molecular formula is C18H27ClN2O4. The van der Waals surface area contributed by atoms with E-state index in [1.807, 2.05) is 13.8 Å². The number of esters is 1. The van der Waals surface area contributed by atoms with Crippen molar-refractivity contribution in [3.63, 3.8) is 0 Å². The van der Waals surface area contributed by atoms with E-state index >= 15 is 0 Å². The Morgan fingerprint density at radius 1 is 1.20 bits per heavy atom. The van der Waals surface area contributed by atoms with Gasteiger partial charge in [-0.1, -0.05) is 6.92 Å². The maximum absolute atomic E-state index is 12.7. The Balaban J connectivity index is 1.51. The second kappa shape index (κ2) is 6.78. The molecule has 6 nitrogen and oxygen atoms in total. The third-order valence-electron chi connectivity index (χ3n) is 6.00. The average molecular weight is 371 g/mol. The first kappa shape index (κ1) is 18.5. The monoisotopic (exact) mass is 370 g/mol. The normalized spacial score (nSPS) is 36.6. The fourth-order valence-electron chi connectivity index (χ4n) is 5.20. The number of hydrogen-bond acceptors (Lipinski definition) is 4. The van der Waals surface area contributed by atoms with Gasteiger partial charge in [-0.2, -0.15) is 0 Å². The Bertz CT molecular complexity index is 565. The van der Waals surface area contributed by atoms with Crippen molar-refractivity contribution in [3.05, 3.63) is 0 Å². The van der Waals surface area contributed by atoms with E-state index in [1.165, 1.54) is 0 Å². The number of alkyl halides is 1. The number of carbonyl (C=O) groups excluding carboxylic acids is 3. The zero-order valence-electron chi connectivity index (χ0n) is 14.9. The Morgan fingerprint density at radius 2 is 1.84 bits per heavy atom. The minimum Gasteiger partial charge on any atom is -0.455 e. The van der Waals surface area contributed by atoms with E-state index in [1.54, 1.807) is 0 Å². The summed E-state index contributed by atoms with van der Waals surface area (Å²) in [6.45, 7) is 3.35. The predicted molar refractivity (Wildman–Crippen MR) is 93.1 cm³/mol. The summed E-state index contributed by atoms with van der Waals surface area (Å²) >= 11 is 6.72. The molecule has 4 aliphatic rings. The van der Waals surface area contributed by atoms with Crippen LogP contribution in [0.3, 0.4) is 0 Å². The van der Waals surface area contributed by atoms with Crippen LogP contribution in [0.1, 0.15) is 58.8 Å². The van der Waals surface area contributed by atoms with Crippen molar-refractivity contribution in [1.29, 1.82) is 0 Å². The van der Waals surface area contributed by atoms with E-state index in [0.717, 1.165) is 38.5 Å². The van der Waals surface area contributed by atoms with Gasteiger partial charge >= 0.3 is 12.0 Å². The molecule has 4 saturated carbocycles. The van der Waals surface area contributed by atoms with Gasteiger partial charge in [0.05, 0.1) is 5.41 Å². The highest BCUT2D eigenvalue weighted by Crippen LogP contribution is 2.64. The van der Waals surface area contributed by atoms with Gasteiger partial charge in [0.2, 0.25) is 0 Å². The molecule has 4 aliphatic carbocycles. The largest absolute Gasteiger partial charge is 0.455 e. The van der Waals surface area contributed by atoms with E-state index in [-0.39, 0.29) is 16.9 Å². The van der Waals surface area contributed by atoms with Gasteiger partial charge in [-0.15, -0.1) is 11.6 Å². The molecule has 4 bridgehead atoms. The summed E-state index contributed by atoms with van der Waals surface area (Å²) in [6.07, 6.45) is 6.15. The van der Waals surface area contributed by atoms with Crippen LogP contribution in [0.25, 0.3) is 0 Å². The number of halogens is 1. The van der Waals surface area contributed by atoms with Crippen LogP contribution in [0.15, 0.2) is 0 Å². The van der Waals surface area contributed by atoms with E-state index in [4.69, 9.17) is 16.3 Å². The lowest BCUT2D eigenvalue weighted by atomic mass is 9.49. The molecule has 0 aromatic carbocycles. The van der Waals surface area contributed by atoms with Crippen LogP contribution in [0.5, 0.6) is 0 Å². The number of hydrogen-bond donors (Lipinski definition) is 2. The fraction of sp³-hybridized carbons (Fsp3) is 0.833. The molecule has 5 atom stereocenters. The zero-order valence-corrected chi connectivity index (χ0v) is 15.7. The van der Waals surface area contributed by atoms with Gasteiger partial charge in [0, 0.05) is 10.9 Å². The standard InChI is InChI=1S/C18H27ClN2O4/c1-3-11(2)20-16(24)21-14(22)9-25-15(23)17-5-12-4-13(6-17)8-18(19,7-12)10-17/h11-13H,3-10H2,1-2H3,(H2,20,21,22,24)/t11-,12-,13+,17?,18?/m1/s1. The third-order valence-corrected chi connectivity index (χ3v) is 6.44. The Morgan fingerprint density at radius 3 is 2.40 bits per heavy atom. The molecule has 0 radical (unpaired) electrons. The highest BCUT2D eigenvalue weighted by atomic mass is 35.5. The van der Waals surface area contributed by atoms with Gasteiger partial charge in [0.15, 0.2) is 6.61 Å². The van der Waals surface area contributed by atoms with E-state index < -0.39 is 24.0 Å². The van der Waals surface area contributed by atoms with Gasteiger partial charge in [-0.3, -0.25) is 14.9 Å². The number of ether oxygens (including phenoxy) is 1. The lowest BCUT2D eigenvalue weighted by molar-refractivity contribution is -0.171. The first-order valence-electron chi connectivity index (χ1n) is 9.20. The first-order chi connectivity index (χ1) is 11.7. The van der Waals surface area contributed by atoms with Crippen LogP contribution >= 0.6 is 11.6 Å². The van der Waals surface area contributed by atoms with Crippen molar-refractivity contribution >= 4 is 29.5 Å². The summed E-state index contributed by atoms with van der Waals surface area (Å²) in [7, 11) is 0. The highest BCUT2D eigenvalue weighted by Gasteiger charge is 2.60. The molecule has 4 rings (SSSR count). The van der Waals surface area contributed by atoms with Gasteiger partial charge in [-0.05, 0) is 63.7 Å². The van der Waals surface area contributed by atoms with Crippen molar-refractivity contribution in [3.8, 4) is 0 Å². The molecule has 2 N–H and O–H groups in total. The van der Waals surface area contributed by atoms with E-state index in [9.17, 15) is 14.4 Å². The zero-order chi connectivity index (χ0) is 18.2. The Labute approximate surface area is 153 Å². The van der Waals surface area contributed by atoms with Crippen LogP contribution in [-0.2, 0) is 14.3 Å². The lowest BCUT2D eigenvalue weighted by Crippen LogP contribution is -2.56. The van der Waals surface area contributed by atoms with Crippen molar-refractivity contribution in [2.45, 2.75) is 69.7 Å². The second-order valence-electron chi connectivity index (χ2n) is 8.30. The molecule has 0 aromatic rings. The number of urea groups is 1. The number of rotatable bonds is 5. The number of imide groups is 1. The van der Waals surface area contributed by atoms with E-state index in [2.05, 4.69) is 10.6 Å². The van der Waals surface area contributed by atoms with E-state index in [0.29, 0.717) is 18.3 Å². The minimum absolute atomic E-state index is 0.0257. The van der Waals surface area contributed by atoms with Crippen molar-refractivity contribution in [1.82, 2.24) is 10.6 Å². The van der Waals surface area contributed by atoms with Gasteiger partial charge in [0.1, 0.15) is 0 Å². The van der Waals surface area contributed by atoms with Crippen molar-refractivity contribution in [2.75, 3.05) is 6.61 Å². The van der Waals surface area contributed by atoms with Gasteiger partial charge in [-0.25, -0.2) is 4.79 Å². The summed E-state index contributed by atoms with van der Waals surface area (Å²) in [5.41, 5.74) is -0.537. The topological polar surface area (TPSA) is 84.5 Å². The van der Waals surface area contributed by atoms with Crippen LogP contribution < -0.4 is 10.6 Å². The number of nitrogens with one attached hydrogen (secondary N) is 2. The van der Waals surface area contributed by atoms with Crippen LogP contribution in [-0.4, -0.2) is 35.4 Å². The number of carbonyl (C=O) groups is 3. The average Bonchev–Trinajstić information content (AvgIpc) is 2.49. The highest BCUT2D eigenvalue weighted by molar-refractivity contribution is 6.24. The minimum atomic E-state index is -0.612. The first-order valence-corrected chi connectivity index (χ1v) is 9.58. The molecule has 0 aliphatic heterocycles. The Hall–Kier alpha value is -1.30. The maximum atomic E-state index is 12.7. The summed E-state index contributed by atoms with van der Waals surface area (Å²) < 4.78 is 5.28. The SMILES string of the molecule is CC[C@@H](C)NC(=O)NC(=O)COC(=O)C12C[C@@H]3C[C@@H](CC(Cl)(C3)C1)C2. The summed E-state index contributed by atoms with van der Waals surface area (Å²) in [5, 5.41) is 4.82. The van der Waals surface area contributed by atoms with Gasteiger partial charge in [0.25, 0.3) is 5.91 Å². The molecule has 0 aromatic heterocycles. The molecule has 3 amide bonds. The molecule has 140 valence electrons. The van der Waals surface area contributed by atoms with Crippen LogP contribution in [0.4, 0.5) is 4.79 Å². The molecule has 7 heteroatoms. The molecule has 4 fully saturated rings. The quantitative estimate of drug-likeness (QED) is 0.575. The predicted octanol–water partition coefficient (Wildman–Crippen LogP) is 2.73. The third kappa shape index (κ3) is 3.94. The smallest absolute Gasteiger partial charge is 0.321 e. The molecule has 25 heavy (non-hydrogen) atoms. The fourth-order valence-corrected chi connectivity index (χ4v) is 5.89. The molecule has 0 saturated heterocycles. The van der Waals surface area contributed by atoms with Crippen molar-refractivity contribution < 1.29 is 19.1 Å². The molecular weight excluding hydrogens is 344 g/mol. The number of amides is 3. The van der Waals surface area contributed by atoms with Crippen molar-refractivity contribution in [2.24, 2.45) is 17.3 Å². The summed E-state index contributed by atoms with van der Waals surface area (Å²) in [5.74, 6) is 0.0337. The second-order valence-corrected chi connectivity index (χ2v) is 9.10. The van der Waals surface area contributed by atoms with Crippen LogP contribution in [0, 0.1) is 17.3 Å². The molecule has 0 heterocycles. The summed E-state index contributed by atoms with van der Waals surface area (Å²) in [6, 6.07) is -0.591. The lowest BCUT2D eigenvalue weighted by Gasteiger charge is -2.58.